The lowest BCUT2D eigenvalue weighted by molar-refractivity contribution is 0.0990. The number of carbonyl (C=O) groups is 1. The molecule has 0 spiro atoms. The van der Waals surface area contributed by atoms with E-state index in [1.807, 2.05) is 0 Å². The maximum absolute atomic E-state index is 12.9. The zero-order chi connectivity index (χ0) is 14.0. The second-order valence-corrected chi connectivity index (χ2v) is 4.04. The van der Waals surface area contributed by atoms with Crippen molar-refractivity contribution in [3.8, 4) is 11.5 Å². The molecule has 0 atom stereocenters. The van der Waals surface area contributed by atoms with E-state index in [2.05, 4.69) is 0 Å². The molecule has 19 heavy (non-hydrogen) atoms. The van der Waals surface area contributed by atoms with Crippen LogP contribution in [0.1, 0.15) is 10.4 Å². The van der Waals surface area contributed by atoms with Crippen molar-refractivity contribution in [3.63, 3.8) is 0 Å². The predicted octanol–water partition coefficient (Wildman–Crippen LogP) is 2.51. The summed E-state index contributed by atoms with van der Waals surface area (Å²) in [5.41, 5.74) is 0.559. The molecule has 0 aliphatic rings. The van der Waals surface area contributed by atoms with Crippen LogP contribution in [0.25, 0.3) is 0 Å². The summed E-state index contributed by atoms with van der Waals surface area (Å²) in [6, 6.07) is 9.24. The van der Waals surface area contributed by atoms with E-state index in [1.54, 1.807) is 12.1 Å². The van der Waals surface area contributed by atoms with Crippen molar-refractivity contribution < 1.29 is 19.4 Å². The first-order chi connectivity index (χ1) is 8.99. The minimum absolute atomic E-state index is 0.0111. The van der Waals surface area contributed by atoms with Crippen molar-refractivity contribution in [1.82, 2.24) is 0 Å². The highest BCUT2D eigenvalue weighted by Crippen LogP contribution is 2.23. The fourth-order valence-corrected chi connectivity index (χ4v) is 1.66. The molecular weight excluding hydrogens is 249 g/mol. The zero-order valence-corrected chi connectivity index (χ0v) is 10.2. The molecule has 5 heteroatoms. The third-order valence-corrected chi connectivity index (χ3v) is 2.73. The van der Waals surface area contributed by atoms with Crippen LogP contribution in [0.5, 0.6) is 11.5 Å². The Bertz CT molecular complexity index is 611. The summed E-state index contributed by atoms with van der Waals surface area (Å²) in [6.07, 6.45) is 0. The van der Waals surface area contributed by atoms with Crippen LogP contribution in [-0.2, 0) is 0 Å². The molecule has 2 aromatic rings. The third-order valence-electron chi connectivity index (χ3n) is 2.73. The molecule has 1 amide bonds. The number of phenolic OH excluding ortho intramolecular Hbond substituents is 2. The number of anilines is 1. The van der Waals surface area contributed by atoms with Crippen LogP contribution >= 0.6 is 0 Å². The molecule has 0 aliphatic carbocycles. The fraction of sp³-hybridized carbons (Fsp3) is 0.0714. The Morgan fingerprint density at radius 2 is 1.74 bits per heavy atom. The van der Waals surface area contributed by atoms with Gasteiger partial charge in [0, 0.05) is 18.8 Å². The maximum atomic E-state index is 12.9. The lowest BCUT2D eigenvalue weighted by Crippen LogP contribution is -2.26. The van der Waals surface area contributed by atoms with Crippen molar-refractivity contribution in [2.45, 2.75) is 0 Å². The number of carbonyl (C=O) groups excluding carboxylic acids is 1. The van der Waals surface area contributed by atoms with Crippen LogP contribution in [0.3, 0.4) is 0 Å². The Kier molecular flexibility index (Phi) is 3.37. The van der Waals surface area contributed by atoms with Gasteiger partial charge in [0.25, 0.3) is 5.91 Å². The first kappa shape index (κ1) is 12.9. The summed E-state index contributed by atoms with van der Waals surface area (Å²) in [5.74, 6) is -1.39. The van der Waals surface area contributed by atoms with Gasteiger partial charge in [-0.1, -0.05) is 0 Å². The minimum atomic E-state index is -0.610. The van der Waals surface area contributed by atoms with Crippen molar-refractivity contribution in [2.24, 2.45) is 0 Å². The number of nitrogens with zero attached hydrogens (tertiary/aromatic N) is 1. The van der Waals surface area contributed by atoms with Gasteiger partial charge in [-0.2, -0.15) is 0 Å². The predicted molar refractivity (Wildman–Crippen MR) is 68.9 cm³/mol. The largest absolute Gasteiger partial charge is 0.508 e. The fourth-order valence-electron chi connectivity index (χ4n) is 1.66. The molecule has 4 nitrogen and oxygen atoms in total. The molecule has 0 saturated heterocycles. The molecule has 2 N–H and O–H groups in total. The molecule has 0 radical (unpaired) electrons. The smallest absolute Gasteiger partial charge is 0.261 e. The number of aromatic hydroxyl groups is 2. The van der Waals surface area contributed by atoms with Crippen molar-refractivity contribution in [3.05, 3.63) is 53.8 Å². The zero-order valence-electron chi connectivity index (χ0n) is 10.2. The van der Waals surface area contributed by atoms with Crippen molar-refractivity contribution in [2.75, 3.05) is 11.9 Å². The Balaban J connectivity index is 2.30. The standard InChI is InChI=1S/C14H12FNO3/c1-16(10-3-5-11(17)6-4-10)14(19)12-7-2-9(15)8-13(12)18/h2-8,17-18H,1H3. The van der Waals surface area contributed by atoms with Gasteiger partial charge in [0.2, 0.25) is 0 Å². The molecule has 0 aliphatic heterocycles. The number of amides is 1. The Morgan fingerprint density at radius 1 is 1.11 bits per heavy atom. The normalized spacial score (nSPS) is 10.2. The van der Waals surface area contributed by atoms with Gasteiger partial charge in [-0.25, -0.2) is 4.39 Å². The summed E-state index contributed by atoms with van der Waals surface area (Å²) in [7, 11) is 1.53. The van der Waals surface area contributed by atoms with E-state index in [9.17, 15) is 19.4 Å². The maximum Gasteiger partial charge on any atom is 0.261 e. The Morgan fingerprint density at radius 3 is 2.32 bits per heavy atom. The van der Waals surface area contributed by atoms with Gasteiger partial charge in [-0.3, -0.25) is 4.79 Å². The monoisotopic (exact) mass is 261 g/mol. The van der Waals surface area contributed by atoms with E-state index in [0.29, 0.717) is 5.69 Å². The van der Waals surface area contributed by atoms with E-state index in [0.717, 1.165) is 12.1 Å². The summed E-state index contributed by atoms with van der Waals surface area (Å²) < 4.78 is 12.9. The second kappa shape index (κ2) is 4.97. The van der Waals surface area contributed by atoms with Crippen LogP contribution in [0.15, 0.2) is 42.5 Å². The molecule has 2 rings (SSSR count). The lowest BCUT2D eigenvalue weighted by Gasteiger charge is -2.18. The summed E-state index contributed by atoms with van der Waals surface area (Å²) in [6.45, 7) is 0. The van der Waals surface area contributed by atoms with Crippen LogP contribution in [0.2, 0.25) is 0 Å². The average Bonchev–Trinajstić information content (AvgIpc) is 2.38. The van der Waals surface area contributed by atoms with Gasteiger partial charge in [-0.05, 0) is 36.4 Å². The second-order valence-electron chi connectivity index (χ2n) is 4.04. The van der Waals surface area contributed by atoms with Crippen molar-refractivity contribution >= 4 is 11.6 Å². The highest BCUT2D eigenvalue weighted by molar-refractivity contribution is 6.07. The molecule has 0 saturated carbocycles. The number of benzene rings is 2. The number of hydrogen-bond donors (Lipinski definition) is 2. The Labute approximate surface area is 109 Å². The molecule has 0 unspecified atom stereocenters. The SMILES string of the molecule is CN(C(=O)c1ccc(F)cc1O)c1ccc(O)cc1. The first-order valence-corrected chi connectivity index (χ1v) is 5.54. The molecule has 0 aromatic heterocycles. The van der Waals surface area contributed by atoms with E-state index < -0.39 is 17.5 Å². The molecule has 2 aromatic carbocycles. The average molecular weight is 261 g/mol. The molecule has 0 fully saturated rings. The van der Waals surface area contributed by atoms with Gasteiger partial charge in [0.15, 0.2) is 0 Å². The van der Waals surface area contributed by atoms with E-state index in [-0.39, 0.29) is 11.3 Å². The summed E-state index contributed by atoms with van der Waals surface area (Å²) >= 11 is 0. The van der Waals surface area contributed by atoms with Crippen LogP contribution in [0, 0.1) is 5.82 Å². The van der Waals surface area contributed by atoms with E-state index >= 15 is 0 Å². The number of rotatable bonds is 2. The number of hydrogen-bond acceptors (Lipinski definition) is 3. The lowest BCUT2D eigenvalue weighted by atomic mass is 10.1. The van der Waals surface area contributed by atoms with E-state index in [4.69, 9.17) is 0 Å². The van der Waals surface area contributed by atoms with Crippen LogP contribution in [-0.4, -0.2) is 23.2 Å². The minimum Gasteiger partial charge on any atom is -0.508 e. The molecular formula is C14H12FNO3. The van der Waals surface area contributed by atoms with Gasteiger partial charge in [0.1, 0.15) is 17.3 Å². The third kappa shape index (κ3) is 2.65. The number of phenols is 2. The molecule has 0 bridgehead atoms. The Hall–Kier alpha value is -2.56. The molecule has 98 valence electrons. The van der Waals surface area contributed by atoms with Gasteiger partial charge < -0.3 is 15.1 Å². The van der Waals surface area contributed by atoms with Gasteiger partial charge in [0.05, 0.1) is 5.56 Å². The van der Waals surface area contributed by atoms with Gasteiger partial charge >= 0.3 is 0 Å². The quantitative estimate of drug-likeness (QED) is 0.873. The van der Waals surface area contributed by atoms with Crippen LogP contribution < -0.4 is 4.90 Å². The molecule has 0 heterocycles. The summed E-state index contributed by atoms with van der Waals surface area (Å²) in [4.78, 5) is 13.4. The highest BCUT2D eigenvalue weighted by atomic mass is 19.1. The number of halogens is 1. The summed E-state index contributed by atoms with van der Waals surface area (Å²) in [5, 5.41) is 18.8. The van der Waals surface area contributed by atoms with Crippen molar-refractivity contribution in [1.29, 1.82) is 0 Å². The van der Waals surface area contributed by atoms with E-state index in [1.165, 1.54) is 30.1 Å². The van der Waals surface area contributed by atoms with Crippen LogP contribution in [0.4, 0.5) is 10.1 Å². The van der Waals surface area contributed by atoms with Gasteiger partial charge in [-0.15, -0.1) is 0 Å². The topological polar surface area (TPSA) is 60.8 Å². The first-order valence-electron chi connectivity index (χ1n) is 5.54. The highest BCUT2D eigenvalue weighted by Gasteiger charge is 2.17.